The van der Waals surface area contributed by atoms with Gasteiger partial charge in [0.1, 0.15) is 82.6 Å². The maximum Gasteiger partial charge on any atom is 0.408 e. The summed E-state index contributed by atoms with van der Waals surface area (Å²) in [5.74, 6) is -3.91. The number of methoxy groups -OCH3 is 3. The zero-order valence-electron chi connectivity index (χ0n) is 80.6. The van der Waals surface area contributed by atoms with Gasteiger partial charge in [0.25, 0.3) is 17.7 Å². The molecule has 6 heterocycles. The summed E-state index contributed by atoms with van der Waals surface area (Å²) in [6, 6.07) is 45.7. The lowest BCUT2D eigenvalue weighted by atomic mass is 10.0. The van der Waals surface area contributed by atoms with Crippen molar-refractivity contribution in [2.45, 2.75) is 263 Å². The van der Waals surface area contributed by atoms with E-state index in [1.165, 1.54) is 57.3 Å². The van der Waals surface area contributed by atoms with Gasteiger partial charge in [-0.3, -0.25) is 52.7 Å². The molecule has 10 N–H and O–H groups in total. The number of hydrogen-bond acceptors (Lipinski definition) is 23. The predicted molar refractivity (Wildman–Crippen MR) is 504 cm³/mol. The number of ether oxygens (including phenoxy) is 7. The van der Waals surface area contributed by atoms with Gasteiger partial charge in [0, 0.05) is 61.0 Å². The first-order valence-corrected chi connectivity index (χ1v) is 45.5. The second-order valence-corrected chi connectivity index (χ2v) is 36.5. The van der Waals surface area contributed by atoms with Crippen molar-refractivity contribution in [3.8, 4) is 17.2 Å². The number of aliphatic carboxylic acids is 2. The number of nitrogens with zero attached hydrogens (tertiary/aromatic N) is 4. The largest absolute Gasteiger partial charge is 0.497 e. The van der Waals surface area contributed by atoms with Gasteiger partial charge >= 0.3 is 30.1 Å². The molecule has 136 heavy (non-hydrogen) atoms. The standard InChI is InChI=1S/C28H33N3O7.C21H27N3O7.2C17H24N2O3.C12H15NO4.C5H11N/c1-28(2,30-24(33)19-11-13-20(36-3)14-12-19)27(35)31-15-7-10-22(31)25(34)29-21-16-23(32)38-26(21)37-17-18-8-5-4-6-9-18;1-21(2,23-18(28)13-6-8-15(31-3)9-7-13)20(30)24-10-4-5-16(24)19(29)22-14(12-25)11-17(26)27;1-12-6-5-11-19(12)16(21)17(2,3)18-15(20)13-7-9-14(22-4)10-8-13;1-13-8-7-11-19(13)15(20)17(2,3)18-16(21)22-12-14-9-5-4-6-10-14;1-12(2,10(14)15)13-11(16)17-8-9-6-4-3-5-7-9;1-5-3-2-4-6-5/h4-6,8-9,11-14,21-22,26H,7,10,15-17H2,1-3H3,(H,29,34)(H,30,33);6-9,12,14,16H,4-5,10-11H2,1-3H3,(H,22,29)(H,23,28)(H,26,27);7-10,12H,5-6,11H2,1-4H3,(H,18,20);4-6,9-10,13H,7-8,11-12H2,1-3H3,(H,18,21);3-7H,8H2,1-2H3,(H,13,16)(H,14,15);5-6H,2-4H2,1H3/t;14-,16?;12-;13-;;5-/m.011.1/s1. The number of likely N-dealkylation sites (tertiary alicyclic amines) is 4. The lowest BCUT2D eigenvalue weighted by Crippen LogP contribution is -2.59. The van der Waals surface area contributed by atoms with Gasteiger partial charge in [-0.15, -0.1) is 0 Å². The molecule has 738 valence electrons. The Morgan fingerprint density at radius 1 is 0.441 bits per heavy atom. The van der Waals surface area contributed by atoms with Crippen LogP contribution in [0.15, 0.2) is 164 Å². The minimum atomic E-state index is -1.34. The topological polar surface area (TPSA) is 470 Å². The number of amides is 11. The van der Waals surface area contributed by atoms with E-state index < -0.39 is 118 Å². The summed E-state index contributed by atoms with van der Waals surface area (Å²) in [5, 5.41) is 39.4. The van der Waals surface area contributed by atoms with Gasteiger partial charge < -0.3 is 110 Å². The van der Waals surface area contributed by atoms with Gasteiger partial charge in [-0.25, -0.2) is 14.4 Å². The van der Waals surface area contributed by atoms with Crippen molar-refractivity contribution >= 4 is 89.5 Å². The Hall–Kier alpha value is -13.5. The predicted octanol–water partition coefficient (Wildman–Crippen LogP) is 9.97. The zero-order chi connectivity index (χ0) is 100. The van der Waals surface area contributed by atoms with Crippen LogP contribution >= 0.6 is 0 Å². The number of nitrogens with one attached hydrogen (secondary N) is 8. The molecule has 6 aromatic carbocycles. The van der Waals surface area contributed by atoms with Crippen molar-refractivity contribution in [1.29, 1.82) is 0 Å². The van der Waals surface area contributed by atoms with Gasteiger partial charge in [-0.2, -0.15) is 0 Å². The van der Waals surface area contributed by atoms with Crippen molar-refractivity contribution in [2.75, 3.05) is 54.1 Å². The van der Waals surface area contributed by atoms with Gasteiger partial charge in [-0.05, 0) is 250 Å². The fourth-order valence-corrected chi connectivity index (χ4v) is 15.4. The van der Waals surface area contributed by atoms with Crippen LogP contribution in [0.4, 0.5) is 9.59 Å². The van der Waals surface area contributed by atoms with Crippen molar-refractivity contribution < 1.29 is 115 Å². The average Bonchev–Trinajstić information content (AvgIpc) is 1.67. The number of benzene rings is 6. The first-order chi connectivity index (χ1) is 64.3. The number of aldehydes is 1. The van der Waals surface area contributed by atoms with Crippen LogP contribution in [0.5, 0.6) is 17.2 Å². The van der Waals surface area contributed by atoms with Crippen molar-refractivity contribution in [3.05, 3.63) is 197 Å². The van der Waals surface area contributed by atoms with Crippen LogP contribution in [-0.2, 0) is 86.7 Å². The van der Waals surface area contributed by atoms with Crippen molar-refractivity contribution in [1.82, 2.24) is 62.1 Å². The summed E-state index contributed by atoms with van der Waals surface area (Å²) in [7, 11) is 4.63. The van der Waals surface area contributed by atoms with Crippen LogP contribution in [0.1, 0.15) is 215 Å². The number of carbonyl (C=O) groups excluding carboxylic acids is 13. The van der Waals surface area contributed by atoms with E-state index in [9.17, 15) is 71.9 Å². The van der Waals surface area contributed by atoms with Crippen molar-refractivity contribution in [2.24, 2.45) is 0 Å². The molecule has 4 unspecified atom stereocenters. The highest BCUT2D eigenvalue weighted by molar-refractivity contribution is 6.02. The molecule has 0 saturated carbocycles. The number of rotatable bonds is 30. The summed E-state index contributed by atoms with van der Waals surface area (Å²) >= 11 is 0. The maximum atomic E-state index is 13.5. The Kier molecular flexibility index (Phi) is 41.7. The summed E-state index contributed by atoms with van der Waals surface area (Å²) in [6.45, 7) is 26.3. The molecule has 36 heteroatoms. The second kappa shape index (κ2) is 51.8. The Balaban J connectivity index is 0.000000234. The molecular weight excluding hydrogens is 1750 g/mol. The highest BCUT2D eigenvalue weighted by atomic mass is 16.7. The lowest BCUT2D eigenvalue weighted by molar-refractivity contribution is -0.168. The highest BCUT2D eigenvalue weighted by Gasteiger charge is 2.47. The number of esters is 1. The minimum Gasteiger partial charge on any atom is -0.497 e. The smallest absolute Gasteiger partial charge is 0.408 e. The first kappa shape index (κ1) is 110. The molecular formula is C100H134N12O24. The van der Waals surface area contributed by atoms with E-state index in [0.29, 0.717) is 79.0 Å². The number of carboxylic acids is 2. The Bertz CT molecular complexity index is 5000. The Morgan fingerprint density at radius 2 is 0.787 bits per heavy atom. The number of carbonyl (C=O) groups is 15. The van der Waals surface area contributed by atoms with E-state index in [1.54, 1.807) is 135 Å². The molecule has 6 saturated heterocycles. The summed E-state index contributed by atoms with van der Waals surface area (Å²) in [4.78, 5) is 190. The molecule has 0 aromatic heterocycles. The first-order valence-electron chi connectivity index (χ1n) is 45.5. The number of carboxylic acid groups (broad SMARTS) is 2. The van der Waals surface area contributed by atoms with E-state index >= 15 is 0 Å². The maximum absolute atomic E-state index is 13.5. The Labute approximate surface area is 794 Å². The molecule has 0 radical (unpaired) electrons. The third-order valence-electron chi connectivity index (χ3n) is 23.3. The van der Waals surface area contributed by atoms with Crippen LogP contribution < -0.4 is 56.7 Å². The second-order valence-electron chi connectivity index (χ2n) is 36.5. The highest BCUT2D eigenvalue weighted by Crippen LogP contribution is 2.29. The third-order valence-corrected chi connectivity index (χ3v) is 23.3. The SMILES string of the molecule is CC(C)(NC(=O)OCc1ccccc1)C(=O)O.COc1ccc(C(=O)NC(C)(C)C(=O)N2CCCC2C(=O)NC2CC(=O)OC2OCc2ccccc2)cc1.COc1ccc(C(=O)NC(C)(C)C(=O)N2CCCC2C(=O)N[C@H](C=O)CC(=O)O)cc1.COc1ccc(C(=O)NC(C)(C)C(=O)N2CCC[C@H]2C)cc1.C[C@@H]1CCCN1.C[C@@H]1CCCN1C(=O)C(C)(C)NC(=O)OCc1ccccc1. The Morgan fingerprint density at radius 3 is 1.11 bits per heavy atom. The number of cyclic esters (lactones) is 1. The minimum absolute atomic E-state index is 0.0186. The van der Waals surface area contributed by atoms with E-state index in [2.05, 4.69) is 49.5 Å². The molecule has 0 spiro atoms. The number of hydrogen-bond donors (Lipinski definition) is 10. The van der Waals surface area contributed by atoms with Crippen molar-refractivity contribution in [3.63, 3.8) is 0 Å². The lowest BCUT2D eigenvalue weighted by Gasteiger charge is -2.33. The van der Waals surface area contributed by atoms with Gasteiger partial charge in [-0.1, -0.05) is 91.0 Å². The van der Waals surface area contributed by atoms with E-state index in [0.717, 1.165) is 61.5 Å². The summed E-state index contributed by atoms with van der Waals surface area (Å²) in [6.07, 6.45) is 6.42. The molecule has 0 bridgehead atoms. The number of alkyl carbamates (subject to hydrolysis) is 2. The average molecular weight is 1890 g/mol. The van der Waals surface area contributed by atoms with Gasteiger partial charge in [0.15, 0.2) is 0 Å². The van der Waals surface area contributed by atoms with Crippen LogP contribution in [0.25, 0.3) is 0 Å². The fraction of sp³-hybridized carbons (Fsp3) is 0.490. The quantitative estimate of drug-likeness (QED) is 0.0114. The summed E-state index contributed by atoms with van der Waals surface area (Å²) in [5.41, 5.74) is -1.88. The molecule has 36 nitrogen and oxygen atoms in total. The molecule has 0 aliphatic carbocycles. The monoisotopic (exact) mass is 1890 g/mol. The fourth-order valence-electron chi connectivity index (χ4n) is 15.4. The molecule has 6 aromatic rings. The molecule has 11 amide bonds. The van der Waals surface area contributed by atoms with Crippen LogP contribution in [-0.4, -0.2) is 250 Å². The van der Waals surface area contributed by atoms with E-state index in [-0.39, 0.29) is 67.9 Å². The molecule has 6 aliphatic rings. The van der Waals surface area contributed by atoms with Crippen LogP contribution in [0.2, 0.25) is 0 Å². The molecule has 6 fully saturated rings. The van der Waals surface area contributed by atoms with Crippen LogP contribution in [0, 0.1) is 0 Å². The third kappa shape index (κ3) is 33.8. The van der Waals surface area contributed by atoms with E-state index in [4.69, 9.17) is 43.4 Å². The molecule has 8 atom stereocenters. The molecule has 12 rings (SSSR count). The normalized spacial score (nSPS) is 18.5. The van der Waals surface area contributed by atoms with Gasteiger partial charge in [0.2, 0.25) is 41.7 Å². The summed E-state index contributed by atoms with van der Waals surface area (Å²) < 4.78 is 36.4. The molecule has 6 aliphatic heterocycles. The van der Waals surface area contributed by atoms with E-state index in [1.807, 2.05) is 115 Å². The van der Waals surface area contributed by atoms with Crippen LogP contribution in [0.3, 0.4) is 0 Å². The zero-order valence-corrected chi connectivity index (χ0v) is 80.6. The van der Waals surface area contributed by atoms with Gasteiger partial charge in [0.05, 0.1) is 46.8 Å².